The van der Waals surface area contributed by atoms with Crippen molar-refractivity contribution in [3.63, 3.8) is 0 Å². The molecule has 2 aliphatic rings. The molecule has 3 nitrogen and oxygen atoms in total. The maximum Gasteiger partial charge on any atom is 0.0585 e. The van der Waals surface area contributed by atoms with E-state index in [2.05, 4.69) is 5.32 Å². The van der Waals surface area contributed by atoms with Crippen molar-refractivity contribution in [1.29, 1.82) is 0 Å². The minimum atomic E-state index is 0.241. The number of hydrogen-bond donors (Lipinski definition) is 2. The Bertz CT molecular complexity index is 176. The summed E-state index contributed by atoms with van der Waals surface area (Å²) in [5.41, 5.74) is 0. The van der Waals surface area contributed by atoms with Gasteiger partial charge in [-0.2, -0.15) is 0 Å². The molecule has 0 bridgehead atoms. The van der Waals surface area contributed by atoms with E-state index in [0.717, 1.165) is 13.0 Å². The van der Waals surface area contributed by atoms with Gasteiger partial charge in [0.05, 0.1) is 12.7 Å². The van der Waals surface area contributed by atoms with Crippen molar-refractivity contribution in [2.45, 2.75) is 63.1 Å². The molecule has 2 N–H and O–H groups in total. The average Bonchev–Trinajstić information content (AvgIpc) is 2.91. The molecular formula is C12H23NO2. The maximum atomic E-state index is 9.18. The molecule has 0 heterocycles. The van der Waals surface area contributed by atoms with Gasteiger partial charge in [-0.15, -0.1) is 0 Å². The van der Waals surface area contributed by atoms with Crippen molar-refractivity contribution in [1.82, 2.24) is 5.32 Å². The summed E-state index contributed by atoms with van der Waals surface area (Å²) in [6.07, 6.45) is 9.14. The minimum Gasteiger partial charge on any atom is -0.395 e. The SMILES string of the molecule is OCC(CCOC1CCCC1)NC1CC1. The van der Waals surface area contributed by atoms with Crippen LogP contribution in [-0.2, 0) is 4.74 Å². The Kier molecular flexibility index (Phi) is 4.42. The van der Waals surface area contributed by atoms with Crippen LogP contribution in [0.5, 0.6) is 0 Å². The number of aliphatic hydroxyl groups is 1. The van der Waals surface area contributed by atoms with Gasteiger partial charge in [0.2, 0.25) is 0 Å². The molecule has 2 fully saturated rings. The van der Waals surface area contributed by atoms with Crippen LogP contribution in [0.1, 0.15) is 44.9 Å². The van der Waals surface area contributed by atoms with E-state index in [1.54, 1.807) is 0 Å². The summed E-state index contributed by atoms with van der Waals surface area (Å²) in [6, 6.07) is 0.924. The first-order chi connectivity index (χ1) is 7.38. The molecule has 0 spiro atoms. The molecule has 2 aliphatic carbocycles. The van der Waals surface area contributed by atoms with E-state index in [9.17, 15) is 5.11 Å². The zero-order chi connectivity index (χ0) is 10.5. The highest BCUT2D eigenvalue weighted by Gasteiger charge is 2.24. The van der Waals surface area contributed by atoms with Gasteiger partial charge in [0.25, 0.3) is 0 Å². The molecule has 0 aliphatic heterocycles. The number of rotatable bonds is 7. The van der Waals surface area contributed by atoms with E-state index in [0.29, 0.717) is 12.1 Å². The Labute approximate surface area is 92.2 Å². The number of nitrogens with one attached hydrogen (secondary N) is 1. The molecule has 2 saturated carbocycles. The van der Waals surface area contributed by atoms with Crippen molar-refractivity contribution in [2.24, 2.45) is 0 Å². The van der Waals surface area contributed by atoms with Gasteiger partial charge in [-0.1, -0.05) is 12.8 Å². The van der Waals surface area contributed by atoms with E-state index < -0.39 is 0 Å². The molecule has 2 rings (SSSR count). The van der Waals surface area contributed by atoms with Gasteiger partial charge >= 0.3 is 0 Å². The van der Waals surface area contributed by atoms with E-state index >= 15 is 0 Å². The maximum absolute atomic E-state index is 9.18. The summed E-state index contributed by atoms with van der Waals surface area (Å²) in [5, 5.41) is 12.6. The fraction of sp³-hybridized carbons (Fsp3) is 1.00. The third-order valence-corrected chi connectivity index (χ3v) is 3.39. The second-order valence-electron chi connectivity index (χ2n) is 4.89. The third-order valence-electron chi connectivity index (χ3n) is 3.39. The summed E-state index contributed by atoms with van der Waals surface area (Å²) in [5.74, 6) is 0. The smallest absolute Gasteiger partial charge is 0.0585 e. The standard InChI is InChI=1S/C12H23NO2/c14-9-11(13-10-5-6-10)7-8-15-12-3-1-2-4-12/h10-14H,1-9H2. The van der Waals surface area contributed by atoms with Crippen LogP contribution >= 0.6 is 0 Å². The van der Waals surface area contributed by atoms with Crippen LogP contribution < -0.4 is 5.32 Å². The minimum absolute atomic E-state index is 0.241. The molecule has 0 radical (unpaired) electrons. The highest BCUT2D eigenvalue weighted by molar-refractivity contribution is 4.84. The van der Waals surface area contributed by atoms with Crippen LogP contribution in [0.4, 0.5) is 0 Å². The van der Waals surface area contributed by atoms with Gasteiger partial charge in [0, 0.05) is 18.7 Å². The molecule has 0 saturated heterocycles. The number of ether oxygens (including phenoxy) is 1. The molecule has 88 valence electrons. The molecule has 3 heteroatoms. The first kappa shape index (κ1) is 11.4. The Morgan fingerprint density at radius 2 is 1.93 bits per heavy atom. The van der Waals surface area contributed by atoms with Crippen LogP contribution in [0, 0.1) is 0 Å². The van der Waals surface area contributed by atoms with Crippen molar-refractivity contribution < 1.29 is 9.84 Å². The molecule has 0 aromatic heterocycles. The van der Waals surface area contributed by atoms with E-state index in [1.807, 2.05) is 0 Å². The van der Waals surface area contributed by atoms with Gasteiger partial charge < -0.3 is 15.2 Å². The highest BCUT2D eigenvalue weighted by atomic mass is 16.5. The van der Waals surface area contributed by atoms with E-state index in [-0.39, 0.29) is 12.6 Å². The predicted octanol–water partition coefficient (Wildman–Crippen LogP) is 1.45. The van der Waals surface area contributed by atoms with Gasteiger partial charge in [0.15, 0.2) is 0 Å². The lowest BCUT2D eigenvalue weighted by molar-refractivity contribution is 0.0479. The molecule has 0 amide bonds. The molecule has 1 atom stereocenters. The zero-order valence-corrected chi connectivity index (χ0v) is 9.45. The molecular weight excluding hydrogens is 190 g/mol. The summed E-state index contributed by atoms with van der Waals surface area (Å²) in [6.45, 7) is 1.04. The lowest BCUT2D eigenvalue weighted by Gasteiger charge is -2.17. The quantitative estimate of drug-likeness (QED) is 0.672. The van der Waals surface area contributed by atoms with Crippen LogP contribution in [0.3, 0.4) is 0 Å². The second kappa shape index (κ2) is 5.83. The van der Waals surface area contributed by atoms with Crippen molar-refractivity contribution in [3.8, 4) is 0 Å². The van der Waals surface area contributed by atoms with Crippen LogP contribution in [0.15, 0.2) is 0 Å². The van der Waals surface area contributed by atoms with Crippen molar-refractivity contribution in [2.75, 3.05) is 13.2 Å². The first-order valence-corrected chi connectivity index (χ1v) is 6.37. The molecule has 0 aromatic rings. The normalized spacial score (nSPS) is 24.6. The van der Waals surface area contributed by atoms with E-state index in [4.69, 9.17) is 4.74 Å². The second-order valence-corrected chi connectivity index (χ2v) is 4.89. The van der Waals surface area contributed by atoms with Gasteiger partial charge in [-0.25, -0.2) is 0 Å². The van der Waals surface area contributed by atoms with Gasteiger partial charge in [0.1, 0.15) is 0 Å². The monoisotopic (exact) mass is 213 g/mol. The van der Waals surface area contributed by atoms with Gasteiger partial charge in [-0.05, 0) is 32.1 Å². The fourth-order valence-electron chi connectivity index (χ4n) is 2.24. The summed E-state index contributed by atoms with van der Waals surface area (Å²) in [7, 11) is 0. The summed E-state index contributed by atoms with van der Waals surface area (Å²) < 4.78 is 5.79. The third kappa shape index (κ3) is 4.09. The average molecular weight is 213 g/mol. The largest absolute Gasteiger partial charge is 0.395 e. The molecule has 0 aromatic carbocycles. The highest BCUT2D eigenvalue weighted by Crippen LogP contribution is 2.22. The number of hydrogen-bond acceptors (Lipinski definition) is 3. The van der Waals surface area contributed by atoms with Crippen LogP contribution in [0.2, 0.25) is 0 Å². The Morgan fingerprint density at radius 3 is 2.53 bits per heavy atom. The summed E-state index contributed by atoms with van der Waals surface area (Å²) in [4.78, 5) is 0. The summed E-state index contributed by atoms with van der Waals surface area (Å²) >= 11 is 0. The van der Waals surface area contributed by atoms with Crippen LogP contribution in [0.25, 0.3) is 0 Å². The van der Waals surface area contributed by atoms with Gasteiger partial charge in [-0.3, -0.25) is 0 Å². The topological polar surface area (TPSA) is 41.5 Å². The predicted molar refractivity (Wildman–Crippen MR) is 59.9 cm³/mol. The van der Waals surface area contributed by atoms with Crippen molar-refractivity contribution >= 4 is 0 Å². The number of aliphatic hydroxyl groups excluding tert-OH is 1. The lowest BCUT2D eigenvalue weighted by atomic mass is 10.2. The lowest BCUT2D eigenvalue weighted by Crippen LogP contribution is -2.35. The first-order valence-electron chi connectivity index (χ1n) is 6.37. The van der Waals surface area contributed by atoms with Crippen molar-refractivity contribution in [3.05, 3.63) is 0 Å². The molecule has 15 heavy (non-hydrogen) atoms. The molecule has 1 unspecified atom stereocenters. The van der Waals surface area contributed by atoms with E-state index in [1.165, 1.54) is 38.5 Å². The Hall–Kier alpha value is -0.120. The Morgan fingerprint density at radius 1 is 1.20 bits per heavy atom. The Balaban J connectivity index is 1.53. The van der Waals surface area contributed by atoms with Crippen LogP contribution in [-0.4, -0.2) is 36.5 Å². The fourth-order valence-corrected chi connectivity index (χ4v) is 2.24. The zero-order valence-electron chi connectivity index (χ0n) is 9.45.